The van der Waals surface area contributed by atoms with Crippen molar-refractivity contribution in [3.63, 3.8) is 0 Å². The topological polar surface area (TPSA) is 77.2 Å². The normalized spacial score (nSPS) is 15.8. The Morgan fingerprint density at radius 2 is 2.00 bits per heavy atom. The van der Waals surface area contributed by atoms with Crippen molar-refractivity contribution < 1.29 is 12.6 Å². The molecule has 0 spiro atoms. The van der Waals surface area contributed by atoms with Gasteiger partial charge in [0.2, 0.25) is 0 Å². The Bertz CT molecular complexity index is 181. The molecule has 2 N–H and O–H groups in total. The number of hydrogen-bond donors (Lipinski definition) is 1. The monoisotopic (exact) mass is 157 g/mol. The number of sulfone groups is 1. The molecular weight excluding hydrogens is 150 g/mol. The zero-order chi connectivity index (χ0) is 6.78. The van der Waals surface area contributed by atoms with Crippen molar-refractivity contribution in [3.05, 3.63) is 0 Å². The van der Waals surface area contributed by atoms with Crippen LogP contribution in [0.3, 0.4) is 0 Å². The molecule has 0 aromatic heterocycles. The zero-order valence-corrected chi connectivity index (χ0v) is 5.96. The summed E-state index contributed by atoms with van der Waals surface area (Å²) in [7, 11) is -4.87. The van der Waals surface area contributed by atoms with Gasteiger partial charge in [0.05, 0.1) is 0 Å². The highest BCUT2D eigenvalue weighted by molar-refractivity contribution is 8.04. The molecule has 8 heavy (non-hydrogen) atoms. The lowest BCUT2D eigenvalue weighted by Crippen LogP contribution is -2.15. The molecule has 0 radical (unpaired) electrons. The van der Waals surface area contributed by atoms with E-state index in [0.717, 1.165) is 6.26 Å². The van der Waals surface area contributed by atoms with E-state index in [0.29, 0.717) is 0 Å². The molecule has 0 saturated carbocycles. The zero-order valence-electron chi connectivity index (χ0n) is 4.33. The fraction of sp³-hybridized carbons (Fsp3) is 1.00. The summed E-state index contributed by atoms with van der Waals surface area (Å²) in [5.74, 6) is 0. The van der Waals surface area contributed by atoms with Crippen molar-refractivity contribution in [1.29, 1.82) is 0 Å². The Balaban J connectivity index is 3.95. The average Bonchev–Trinajstić information content (AvgIpc) is 1.21. The summed E-state index contributed by atoms with van der Waals surface area (Å²) in [6.45, 7) is 0. The first-order valence-corrected chi connectivity index (χ1v) is 5.16. The van der Waals surface area contributed by atoms with Gasteiger partial charge in [0.1, 0.15) is 16.1 Å². The number of rotatable bonds is 2. The maximum absolute atomic E-state index is 10.2. The predicted octanol–water partition coefficient (Wildman–Crippen LogP) is -1.39. The maximum atomic E-state index is 10.2. The SMILES string of the molecule is CS(=O)(=O)CS(N)=O. The van der Waals surface area contributed by atoms with Crippen LogP contribution >= 0.6 is 0 Å². The molecule has 4 nitrogen and oxygen atoms in total. The van der Waals surface area contributed by atoms with E-state index in [1.165, 1.54) is 0 Å². The third-order valence-corrected chi connectivity index (χ3v) is 2.97. The van der Waals surface area contributed by atoms with Gasteiger partial charge < -0.3 is 0 Å². The third kappa shape index (κ3) is 6.06. The summed E-state index contributed by atoms with van der Waals surface area (Å²) in [4.78, 5) is 0. The van der Waals surface area contributed by atoms with Crippen molar-refractivity contribution >= 4 is 20.8 Å². The Morgan fingerprint density at radius 3 is 2.00 bits per heavy atom. The van der Waals surface area contributed by atoms with Crippen LogP contribution in [-0.2, 0) is 20.8 Å². The van der Waals surface area contributed by atoms with Crippen molar-refractivity contribution in [2.75, 3.05) is 11.3 Å². The van der Waals surface area contributed by atoms with Crippen LogP contribution in [0, 0.1) is 0 Å². The second kappa shape index (κ2) is 2.56. The Hall–Kier alpha value is 0.0600. The lowest BCUT2D eigenvalue weighted by atomic mass is 11.9. The standard InChI is InChI=1S/C2H7NO3S2/c1-8(5,6)2-7(3)4/h2-3H2,1H3. The number of hydrogen-bond acceptors (Lipinski definition) is 3. The van der Waals surface area contributed by atoms with Gasteiger partial charge in [-0.3, -0.25) is 5.14 Å². The maximum Gasteiger partial charge on any atom is 0.160 e. The van der Waals surface area contributed by atoms with Crippen LogP contribution in [0.5, 0.6) is 0 Å². The van der Waals surface area contributed by atoms with Crippen molar-refractivity contribution in [1.82, 2.24) is 0 Å². The molecule has 0 saturated heterocycles. The van der Waals surface area contributed by atoms with Crippen molar-refractivity contribution in [3.8, 4) is 0 Å². The molecule has 0 heterocycles. The highest BCUT2D eigenvalue weighted by Gasteiger charge is 2.03. The molecule has 0 amide bonds. The summed E-state index contributed by atoms with van der Waals surface area (Å²) in [6.07, 6.45) is 0.984. The van der Waals surface area contributed by atoms with Crippen LogP contribution in [0.25, 0.3) is 0 Å². The smallest absolute Gasteiger partial charge is 0.160 e. The first kappa shape index (κ1) is 8.06. The molecule has 0 aliphatic rings. The van der Waals surface area contributed by atoms with Crippen LogP contribution in [0.15, 0.2) is 0 Å². The van der Waals surface area contributed by atoms with Crippen LogP contribution in [0.4, 0.5) is 0 Å². The number of nitrogens with two attached hydrogens (primary N) is 1. The third-order valence-electron chi connectivity index (χ3n) is 0.330. The fourth-order valence-electron chi connectivity index (χ4n) is 0.211. The van der Waals surface area contributed by atoms with Gasteiger partial charge in [0.25, 0.3) is 0 Å². The quantitative estimate of drug-likeness (QED) is 0.536. The molecule has 0 fully saturated rings. The van der Waals surface area contributed by atoms with Gasteiger partial charge in [-0.2, -0.15) is 0 Å². The summed E-state index contributed by atoms with van der Waals surface area (Å²) in [6, 6.07) is 0. The fourth-order valence-corrected chi connectivity index (χ4v) is 1.90. The average molecular weight is 157 g/mol. The van der Waals surface area contributed by atoms with Gasteiger partial charge in [0.15, 0.2) is 9.84 Å². The largest absolute Gasteiger partial charge is 0.251 e. The highest BCUT2D eigenvalue weighted by Crippen LogP contribution is 1.81. The van der Waals surface area contributed by atoms with Crippen molar-refractivity contribution in [2.24, 2.45) is 5.14 Å². The molecule has 0 aromatic carbocycles. The van der Waals surface area contributed by atoms with Crippen LogP contribution in [-0.4, -0.2) is 24.0 Å². The van der Waals surface area contributed by atoms with Gasteiger partial charge in [0, 0.05) is 6.26 Å². The molecule has 6 heteroatoms. The molecule has 1 atom stereocenters. The second-order valence-corrected chi connectivity index (χ2v) is 4.98. The minimum absolute atomic E-state index is 0.451. The summed E-state index contributed by atoms with van der Waals surface area (Å²) in [5.41, 5.74) is 0. The first-order chi connectivity index (χ1) is 3.42. The van der Waals surface area contributed by atoms with Crippen LogP contribution in [0.2, 0.25) is 0 Å². The molecule has 1 unspecified atom stereocenters. The molecule has 50 valence electrons. The molecule has 0 aliphatic carbocycles. The van der Waals surface area contributed by atoms with Gasteiger partial charge in [-0.1, -0.05) is 0 Å². The van der Waals surface area contributed by atoms with Gasteiger partial charge in [-0.25, -0.2) is 12.6 Å². The summed E-state index contributed by atoms with van der Waals surface area (Å²) < 4.78 is 30.3. The Kier molecular flexibility index (Phi) is 2.58. The van der Waals surface area contributed by atoms with Crippen LogP contribution in [0.1, 0.15) is 0 Å². The van der Waals surface area contributed by atoms with E-state index in [2.05, 4.69) is 5.14 Å². The van der Waals surface area contributed by atoms with E-state index in [1.807, 2.05) is 0 Å². The second-order valence-electron chi connectivity index (χ2n) is 1.42. The van der Waals surface area contributed by atoms with Gasteiger partial charge in [-0.15, -0.1) is 0 Å². The van der Waals surface area contributed by atoms with E-state index < -0.39 is 25.9 Å². The highest BCUT2D eigenvalue weighted by atomic mass is 32.3. The van der Waals surface area contributed by atoms with E-state index in [4.69, 9.17) is 0 Å². The first-order valence-electron chi connectivity index (χ1n) is 1.72. The van der Waals surface area contributed by atoms with E-state index in [-0.39, 0.29) is 0 Å². The van der Waals surface area contributed by atoms with E-state index >= 15 is 0 Å². The lowest BCUT2D eigenvalue weighted by molar-refractivity contribution is 0.605. The van der Waals surface area contributed by atoms with Crippen LogP contribution < -0.4 is 5.14 Å². The Labute approximate surface area is 50.6 Å². The molecule has 0 bridgehead atoms. The molecule has 0 aliphatic heterocycles. The van der Waals surface area contributed by atoms with Gasteiger partial charge >= 0.3 is 0 Å². The van der Waals surface area contributed by atoms with E-state index in [9.17, 15) is 12.6 Å². The van der Waals surface area contributed by atoms with Crippen molar-refractivity contribution in [2.45, 2.75) is 0 Å². The van der Waals surface area contributed by atoms with E-state index in [1.54, 1.807) is 0 Å². The predicted molar refractivity (Wildman–Crippen MR) is 32.0 cm³/mol. The van der Waals surface area contributed by atoms with Gasteiger partial charge in [-0.05, 0) is 0 Å². The minimum atomic E-state index is -3.15. The molecular formula is C2H7NO3S2. The summed E-state index contributed by atoms with van der Waals surface area (Å²) in [5, 5.41) is 4.22. The minimum Gasteiger partial charge on any atom is -0.251 e. The molecule has 0 rings (SSSR count). The Morgan fingerprint density at radius 1 is 1.62 bits per heavy atom. The lowest BCUT2D eigenvalue weighted by Gasteiger charge is -1.88. The molecule has 0 aromatic rings. The summed E-state index contributed by atoms with van der Waals surface area (Å²) >= 11 is 0.